The summed E-state index contributed by atoms with van der Waals surface area (Å²) in [5, 5.41) is 18.0. The van der Waals surface area contributed by atoms with Gasteiger partial charge in [0.2, 0.25) is 11.8 Å². The quantitative estimate of drug-likeness (QED) is 0.580. The molecule has 31 heavy (non-hydrogen) atoms. The summed E-state index contributed by atoms with van der Waals surface area (Å²) in [5.41, 5.74) is 3.26. The van der Waals surface area contributed by atoms with Crippen LogP contribution >= 0.6 is 0 Å². The van der Waals surface area contributed by atoms with E-state index in [9.17, 15) is 19.5 Å². The van der Waals surface area contributed by atoms with Crippen molar-refractivity contribution in [2.75, 3.05) is 18.5 Å². The molecule has 2 aromatic carbocycles. The summed E-state index contributed by atoms with van der Waals surface area (Å²) >= 11 is 0. The Kier molecular flexibility index (Phi) is 5.75. The predicted octanol–water partition coefficient (Wildman–Crippen LogP) is 0.715. The van der Waals surface area contributed by atoms with Gasteiger partial charge < -0.3 is 26.0 Å². The molecule has 0 unspecified atom stereocenters. The fourth-order valence-electron chi connectivity index (χ4n) is 4.14. The Labute approximate surface area is 180 Å². The van der Waals surface area contributed by atoms with Crippen LogP contribution in [0.5, 0.6) is 0 Å². The monoisotopic (exact) mass is 422 g/mol. The van der Waals surface area contributed by atoms with Gasteiger partial charge in [-0.15, -0.1) is 0 Å². The van der Waals surface area contributed by atoms with E-state index in [1.54, 1.807) is 18.9 Å². The second-order valence-electron chi connectivity index (χ2n) is 8.02. The van der Waals surface area contributed by atoms with Crippen molar-refractivity contribution >= 4 is 23.4 Å². The molecule has 3 amide bonds. The number of hydrogen-bond donors (Lipinski definition) is 4. The Morgan fingerprint density at radius 2 is 1.81 bits per heavy atom. The van der Waals surface area contributed by atoms with Crippen LogP contribution in [0.25, 0.3) is 11.1 Å². The molecule has 8 heteroatoms. The van der Waals surface area contributed by atoms with Crippen LogP contribution < -0.4 is 20.9 Å². The summed E-state index contributed by atoms with van der Waals surface area (Å²) < 4.78 is 0. The molecule has 0 radical (unpaired) electrons. The second-order valence-corrected chi connectivity index (χ2v) is 8.02. The molecule has 2 heterocycles. The number of hydrogen-bond acceptors (Lipinski definition) is 5. The number of fused-ring (bicyclic) bond motifs is 3. The highest BCUT2D eigenvalue weighted by Gasteiger charge is 2.35. The maximum absolute atomic E-state index is 13.3. The van der Waals surface area contributed by atoms with Crippen LogP contribution in [0, 0.1) is 0 Å². The van der Waals surface area contributed by atoms with Crippen molar-refractivity contribution in [3.05, 3.63) is 54.1 Å². The van der Waals surface area contributed by atoms with Crippen LogP contribution in [0.1, 0.15) is 24.9 Å². The Morgan fingerprint density at radius 1 is 1.13 bits per heavy atom. The first-order chi connectivity index (χ1) is 14.9. The molecule has 4 N–H and O–H groups in total. The fraction of sp³-hybridized carbons (Fsp3) is 0.348. The van der Waals surface area contributed by atoms with Gasteiger partial charge >= 0.3 is 0 Å². The highest BCUT2D eigenvalue weighted by molar-refractivity contribution is 6.06. The molecule has 8 nitrogen and oxygen atoms in total. The van der Waals surface area contributed by atoms with E-state index < -0.39 is 30.1 Å². The van der Waals surface area contributed by atoms with Crippen LogP contribution in [0.15, 0.2) is 48.5 Å². The normalized spacial score (nSPS) is 23.4. The lowest BCUT2D eigenvalue weighted by Crippen LogP contribution is -2.52. The highest BCUT2D eigenvalue weighted by Crippen LogP contribution is 2.39. The lowest BCUT2D eigenvalue weighted by atomic mass is 9.95. The van der Waals surface area contributed by atoms with Gasteiger partial charge in [-0.1, -0.05) is 42.5 Å². The molecule has 2 aromatic rings. The Hall–Kier alpha value is -3.23. The van der Waals surface area contributed by atoms with Crippen LogP contribution in [-0.4, -0.2) is 54.6 Å². The zero-order valence-electron chi connectivity index (χ0n) is 17.5. The van der Waals surface area contributed by atoms with Crippen molar-refractivity contribution < 1.29 is 19.5 Å². The Morgan fingerprint density at radius 3 is 2.52 bits per heavy atom. The van der Waals surface area contributed by atoms with Gasteiger partial charge in [-0.2, -0.15) is 0 Å². The van der Waals surface area contributed by atoms with E-state index >= 15 is 0 Å². The molecule has 2 aliphatic heterocycles. The van der Waals surface area contributed by atoms with E-state index in [4.69, 9.17) is 0 Å². The Balaban J connectivity index is 1.56. The molecule has 162 valence electrons. The molecule has 4 rings (SSSR count). The molecule has 1 saturated heterocycles. The molecule has 0 saturated carbocycles. The second kappa shape index (κ2) is 8.49. The number of nitrogens with one attached hydrogen (secondary N) is 3. The van der Waals surface area contributed by atoms with Gasteiger partial charge in [-0.3, -0.25) is 14.4 Å². The van der Waals surface area contributed by atoms with E-state index in [1.807, 2.05) is 48.5 Å². The van der Waals surface area contributed by atoms with Gasteiger partial charge in [0.15, 0.2) is 0 Å². The summed E-state index contributed by atoms with van der Waals surface area (Å²) in [6, 6.07) is 12.9. The minimum Gasteiger partial charge on any atom is -0.392 e. The Bertz CT molecular complexity index is 1020. The van der Waals surface area contributed by atoms with E-state index in [0.29, 0.717) is 18.5 Å². The lowest BCUT2D eigenvalue weighted by Gasteiger charge is -2.25. The predicted molar refractivity (Wildman–Crippen MR) is 116 cm³/mol. The summed E-state index contributed by atoms with van der Waals surface area (Å²) in [5.74, 6) is -1.07. The summed E-state index contributed by atoms with van der Waals surface area (Å²) in [6.07, 6.45) is -0.269. The molecule has 0 bridgehead atoms. The lowest BCUT2D eigenvalue weighted by molar-refractivity contribution is -0.131. The summed E-state index contributed by atoms with van der Waals surface area (Å²) in [7, 11) is 1.69. The maximum Gasteiger partial charge on any atom is 0.253 e. The molecule has 2 aliphatic rings. The van der Waals surface area contributed by atoms with Gasteiger partial charge in [0.1, 0.15) is 12.1 Å². The summed E-state index contributed by atoms with van der Waals surface area (Å²) in [4.78, 5) is 40.1. The van der Waals surface area contributed by atoms with Gasteiger partial charge in [-0.25, -0.2) is 0 Å². The van der Waals surface area contributed by atoms with Crippen molar-refractivity contribution in [2.24, 2.45) is 0 Å². The third-order valence-corrected chi connectivity index (χ3v) is 5.87. The number of β-amino-alcohol motifs (C(OH)–C–C–N with tert-alkyl or cyclic N) is 1. The van der Waals surface area contributed by atoms with Gasteiger partial charge in [0, 0.05) is 19.2 Å². The first kappa shape index (κ1) is 21.0. The number of para-hydroxylation sites is 1. The van der Waals surface area contributed by atoms with E-state index in [0.717, 1.165) is 16.8 Å². The average molecular weight is 422 g/mol. The van der Waals surface area contributed by atoms with E-state index in [-0.39, 0.29) is 11.8 Å². The van der Waals surface area contributed by atoms with Crippen LogP contribution in [0.2, 0.25) is 0 Å². The largest absolute Gasteiger partial charge is 0.392 e. The first-order valence-electron chi connectivity index (χ1n) is 10.3. The van der Waals surface area contributed by atoms with E-state index in [1.165, 1.54) is 0 Å². The molecule has 1 fully saturated rings. The average Bonchev–Trinajstić information content (AvgIpc) is 3.19. The molecule has 0 spiro atoms. The minimum absolute atomic E-state index is 0.259. The SMILES string of the molecule is C[C@H](NC(=O)[C@@H]1C[C@@H](O)CN1)C(=O)N[C@@H]1C(=O)N(C)c2ccccc2-c2ccccc21. The molecular formula is C23H26N4O4. The third kappa shape index (κ3) is 4.04. The number of benzene rings is 2. The van der Waals surface area contributed by atoms with Crippen molar-refractivity contribution in [1.29, 1.82) is 0 Å². The van der Waals surface area contributed by atoms with Crippen molar-refractivity contribution in [3.63, 3.8) is 0 Å². The summed E-state index contributed by atoms with van der Waals surface area (Å²) in [6.45, 7) is 1.92. The third-order valence-electron chi connectivity index (χ3n) is 5.87. The minimum atomic E-state index is -0.883. The van der Waals surface area contributed by atoms with Gasteiger partial charge in [0.05, 0.1) is 17.8 Å². The maximum atomic E-state index is 13.3. The van der Waals surface area contributed by atoms with Crippen LogP contribution in [-0.2, 0) is 14.4 Å². The van der Waals surface area contributed by atoms with E-state index in [2.05, 4.69) is 16.0 Å². The topological polar surface area (TPSA) is 111 Å². The van der Waals surface area contributed by atoms with Crippen molar-refractivity contribution in [2.45, 2.75) is 37.6 Å². The number of carbonyl (C=O) groups excluding carboxylic acids is 3. The number of aliphatic hydroxyl groups excluding tert-OH is 1. The van der Waals surface area contributed by atoms with Crippen molar-refractivity contribution in [1.82, 2.24) is 16.0 Å². The van der Waals surface area contributed by atoms with Crippen LogP contribution in [0.3, 0.4) is 0 Å². The molecule has 0 aliphatic carbocycles. The number of anilines is 1. The fourth-order valence-corrected chi connectivity index (χ4v) is 4.14. The number of nitrogens with zero attached hydrogens (tertiary/aromatic N) is 1. The number of carbonyl (C=O) groups is 3. The van der Waals surface area contributed by atoms with Crippen LogP contribution in [0.4, 0.5) is 5.69 Å². The molecule has 0 aromatic heterocycles. The number of rotatable bonds is 4. The molecular weight excluding hydrogens is 396 g/mol. The standard InChI is InChI=1S/C23H26N4O4/c1-13(25-22(30)18-11-14(28)12-24-18)21(29)26-20-17-9-4-3-7-15(17)16-8-5-6-10-19(16)27(2)23(20)31/h3-10,13-14,18,20,24,28H,11-12H2,1-2H3,(H,25,30)(H,26,29)/t13-,14+,18-,20-/m0/s1. The first-order valence-corrected chi connectivity index (χ1v) is 10.3. The van der Waals surface area contributed by atoms with Crippen molar-refractivity contribution in [3.8, 4) is 11.1 Å². The number of aliphatic hydroxyl groups is 1. The number of amides is 3. The van der Waals surface area contributed by atoms with Gasteiger partial charge in [-0.05, 0) is 30.5 Å². The zero-order valence-corrected chi connectivity index (χ0v) is 17.5. The smallest absolute Gasteiger partial charge is 0.253 e. The highest BCUT2D eigenvalue weighted by atomic mass is 16.3. The molecule has 4 atom stereocenters. The number of likely N-dealkylation sites (N-methyl/N-ethyl adjacent to an activating group) is 1. The van der Waals surface area contributed by atoms with Gasteiger partial charge in [0.25, 0.3) is 5.91 Å². The zero-order chi connectivity index (χ0) is 22.1.